The van der Waals surface area contributed by atoms with Crippen LogP contribution in [0.4, 0.5) is 0 Å². The Balaban J connectivity index is 2.11. The van der Waals surface area contributed by atoms with E-state index in [-0.39, 0.29) is 5.43 Å². The fourth-order valence-corrected chi connectivity index (χ4v) is 3.42. The van der Waals surface area contributed by atoms with Crippen LogP contribution in [0.15, 0.2) is 53.5 Å². The van der Waals surface area contributed by atoms with Crippen molar-refractivity contribution in [2.24, 2.45) is 0 Å². The number of rotatable bonds is 0. The zero-order chi connectivity index (χ0) is 14.0. The second-order valence-electron chi connectivity index (χ2n) is 5.50. The molecule has 0 bridgehead atoms. The molecule has 21 heavy (non-hydrogen) atoms. The molecule has 0 aliphatic heterocycles. The number of aromatic nitrogens is 1. The van der Waals surface area contributed by atoms with Crippen molar-refractivity contribution in [3.05, 3.63) is 69.7 Å². The van der Waals surface area contributed by atoms with Crippen molar-refractivity contribution >= 4 is 44.6 Å². The molecule has 1 aliphatic rings. The highest BCUT2D eigenvalue weighted by Gasteiger charge is 2.12. The van der Waals surface area contributed by atoms with Gasteiger partial charge in [0, 0.05) is 27.6 Å². The first-order valence-electron chi connectivity index (χ1n) is 7.01. The maximum Gasteiger partial charge on any atom is 0.187 e. The van der Waals surface area contributed by atoms with Crippen LogP contribution in [-0.4, -0.2) is 4.98 Å². The van der Waals surface area contributed by atoms with Gasteiger partial charge in [-0.2, -0.15) is 0 Å². The van der Waals surface area contributed by atoms with Crippen molar-refractivity contribution in [2.75, 3.05) is 0 Å². The lowest BCUT2D eigenvalue weighted by atomic mass is 10.0. The molecule has 0 amide bonds. The standard InChI is InChI=1S/C19H11NO/c21-18-9-15-16-8-11-4-3-7-12(11)19(16)20-10-17(15)13-5-1-2-6-14(13)18/h1-10,20H. The van der Waals surface area contributed by atoms with E-state index in [0.29, 0.717) is 0 Å². The number of hydrogen-bond donors (Lipinski definition) is 1. The Bertz CT molecular complexity index is 1200. The number of benzene rings is 2. The summed E-state index contributed by atoms with van der Waals surface area (Å²) in [5.41, 5.74) is 2.41. The van der Waals surface area contributed by atoms with Gasteiger partial charge >= 0.3 is 0 Å². The van der Waals surface area contributed by atoms with Gasteiger partial charge in [-0.05, 0) is 28.5 Å². The van der Waals surface area contributed by atoms with Gasteiger partial charge < -0.3 is 4.98 Å². The van der Waals surface area contributed by atoms with Crippen LogP contribution in [0, 0.1) is 0 Å². The van der Waals surface area contributed by atoms with E-state index in [2.05, 4.69) is 29.3 Å². The highest BCUT2D eigenvalue weighted by molar-refractivity contribution is 6.17. The van der Waals surface area contributed by atoms with Gasteiger partial charge in [-0.25, -0.2) is 0 Å². The van der Waals surface area contributed by atoms with Gasteiger partial charge in [0.1, 0.15) is 0 Å². The molecule has 1 N–H and O–H groups in total. The molecule has 1 aliphatic carbocycles. The number of aromatic amines is 1. The van der Waals surface area contributed by atoms with Gasteiger partial charge in [0.2, 0.25) is 0 Å². The van der Waals surface area contributed by atoms with E-state index >= 15 is 0 Å². The summed E-state index contributed by atoms with van der Waals surface area (Å²) in [4.78, 5) is 15.8. The molecule has 2 heteroatoms. The van der Waals surface area contributed by atoms with Crippen molar-refractivity contribution in [1.29, 1.82) is 0 Å². The number of H-pyrrole nitrogens is 1. The molecule has 0 saturated heterocycles. The van der Waals surface area contributed by atoms with Gasteiger partial charge in [-0.15, -0.1) is 0 Å². The van der Waals surface area contributed by atoms with Crippen molar-refractivity contribution < 1.29 is 0 Å². The van der Waals surface area contributed by atoms with Crippen LogP contribution in [0.25, 0.3) is 44.6 Å². The maximum absolute atomic E-state index is 12.4. The summed E-state index contributed by atoms with van der Waals surface area (Å²) in [6.45, 7) is 0. The minimum Gasteiger partial charge on any atom is -0.360 e. The van der Waals surface area contributed by atoms with Crippen molar-refractivity contribution in [1.82, 2.24) is 4.98 Å². The van der Waals surface area contributed by atoms with Crippen LogP contribution in [-0.2, 0) is 0 Å². The van der Waals surface area contributed by atoms with Crippen LogP contribution < -0.4 is 10.6 Å². The molecular weight excluding hydrogens is 258 g/mol. The molecule has 5 rings (SSSR count). The smallest absolute Gasteiger partial charge is 0.187 e. The third kappa shape index (κ3) is 1.29. The Morgan fingerprint density at radius 2 is 1.71 bits per heavy atom. The largest absolute Gasteiger partial charge is 0.360 e. The molecule has 0 spiro atoms. The summed E-state index contributed by atoms with van der Waals surface area (Å²) in [7, 11) is 0. The van der Waals surface area contributed by atoms with Crippen LogP contribution in [0.3, 0.4) is 0 Å². The van der Waals surface area contributed by atoms with Gasteiger partial charge in [-0.1, -0.05) is 42.5 Å². The lowest BCUT2D eigenvalue weighted by Crippen LogP contribution is -2.01. The molecule has 2 nitrogen and oxygen atoms in total. The third-order valence-electron chi connectivity index (χ3n) is 4.39. The first-order valence-corrected chi connectivity index (χ1v) is 7.01. The summed E-state index contributed by atoms with van der Waals surface area (Å²) in [5, 5.41) is 6.27. The molecule has 4 aromatic rings. The summed E-state index contributed by atoms with van der Waals surface area (Å²) in [6, 6.07) is 11.7. The first kappa shape index (κ1) is 10.9. The molecule has 0 fully saturated rings. The molecule has 98 valence electrons. The minimum atomic E-state index is 0.0893. The zero-order valence-corrected chi connectivity index (χ0v) is 11.2. The molecule has 0 unspecified atom stereocenters. The van der Waals surface area contributed by atoms with Gasteiger partial charge in [0.05, 0.1) is 5.52 Å². The van der Waals surface area contributed by atoms with E-state index < -0.39 is 0 Å². The van der Waals surface area contributed by atoms with Crippen LogP contribution >= 0.6 is 0 Å². The van der Waals surface area contributed by atoms with Gasteiger partial charge in [-0.3, -0.25) is 4.79 Å². The third-order valence-corrected chi connectivity index (χ3v) is 4.39. The lowest BCUT2D eigenvalue weighted by Gasteiger charge is -2.04. The second kappa shape index (κ2) is 3.61. The predicted molar refractivity (Wildman–Crippen MR) is 88.3 cm³/mol. The molecule has 1 heterocycles. The molecular formula is C19H11NO. The quantitative estimate of drug-likeness (QED) is 0.488. The van der Waals surface area contributed by atoms with E-state index in [4.69, 9.17) is 0 Å². The Labute approximate surface area is 120 Å². The average molecular weight is 269 g/mol. The van der Waals surface area contributed by atoms with E-state index in [1.807, 2.05) is 30.5 Å². The monoisotopic (exact) mass is 269 g/mol. The number of fused-ring (bicyclic) bond motifs is 7. The summed E-state index contributed by atoms with van der Waals surface area (Å²) >= 11 is 0. The topological polar surface area (TPSA) is 32.9 Å². The minimum absolute atomic E-state index is 0.0893. The average Bonchev–Trinajstić information content (AvgIpc) is 3.08. The zero-order valence-electron chi connectivity index (χ0n) is 11.2. The Morgan fingerprint density at radius 3 is 2.62 bits per heavy atom. The molecule has 0 atom stereocenters. The number of hydrogen-bond acceptors (Lipinski definition) is 1. The normalized spacial score (nSPS) is 13.1. The Morgan fingerprint density at radius 1 is 0.857 bits per heavy atom. The molecule has 0 radical (unpaired) electrons. The van der Waals surface area contributed by atoms with E-state index in [9.17, 15) is 4.79 Å². The van der Waals surface area contributed by atoms with E-state index in [0.717, 1.165) is 32.4 Å². The number of nitrogens with one attached hydrogen (secondary N) is 1. The second-order valence-corrected chi connectivity index (χ2v) is 5.50. The van der Waals surface area contributed by atoms with Gasteiger partial charge in [0.15, 0.2) is 5.43 Å². The van der Waals surface area contributed by atoms with Crippen LogP contribution in [0.5, 0.6) is 0 Å². The fraction of sp³-hybridized carbons (Fsp3) is 0. The van der Waals surface area contributed by atoms with Crippen LogP contribution in [0.2, 0.25) is 0 Å². The first-order chi connectivity index (χ1) is 10.3. The molecule has 0 saturated carbocycles. The molecule has 3 aromatic carbocycles. The Hall–Kier alpha value is -2.87. The van der Waals surface area contributed by atoms with E-state index in [1.165, 1.54) is 10.8 Å². The van der Waals surface area contributed by atoms with Crippen molar-refractivity contribution in [2.45, 2.75) is 0 Å². The van der Waals surface area contributed by atoms with Crippen molar-refractivity contribution in [3.63, 3.8) is 0 Å². The highest BCUT2D eigenvalue weighted by Crippen LogP contribution is 2.28. The fourth-order valence-electron chi connectivity index (χ4n) is 3.42. The van der Waals surface area contributed by atoms with E-state index in [1.54, 1.807) is 6.07 Å². The SMILES string of the molecule is O=c1cc2c3cc4c(c3[nH]cc2c2ccccc12)=CC=C4. The lowest BCUT2D eigenvalue weighted by molar-refractivity contribution is 1.45. The molecule has 1 aromatic heterocycles. The number of allylic oxidation sites excluding steroid dienone is 1. The number of pyridine rings is 1. The maximum atomic E-state index is 12.4. The Kier molecular flexibility index (Phi) is 1.87. The van der Waals surface area contributed by atoms with Gasteiger partial charge in [0.25, 0.3) is 0 Å². The summed E-state index contributed by atoms with van der Waals surface area (Å²) in [5.74, 6) is 0. The van der Waals surface area contributed by atoms with Crippen molar-refractivity contribution in [3.8, 4) is 0 Å². The summed E-state index contributed by atoms with van der Waals surface area (Å²) < 4.78 is 0. The van der Waals surface area contributed by atoms with Crippen LogP contribution in [0.1, 0.15) is 5.56 Å². The highest BCUT2D eigenvalue weighted by atomic mass is 16.1. The predicted octanol–water partition coefficient (Wildman–Crippen LogP) is 3.36. The summed E-state index contributed by atoms with van der Waals surface area (Å²) in [6.07, 6.45) is 8.29.